The van der Waals surface area contributed by atoms with Gasteiger partial charge in [0, 0.05) is 18.8 Å². The molecule has 1 aliphatic heterocycles. The number of hydrazine groups is 1. The van der Waals surface area contributed by atoms with Gasteiger partial charge in [0.1, 0.15) is 11.8 Å². The Morgan fingerprint density at radius 3 is 2.86 bits per heavy atom. The number of ether oxygens (including phenoxy) is 2. The van der Waals surface area contributed by atoms with Gasteiger partial charge in [0.25, 0.3) is 0 Å². The molecular formula is C15H20N4O2. The topological polar surface area (TPSA) is 106 Å². The molecule has 1 heterocycles. The normalized spacial score (nSPS) is 16.8. The minimum Gasteiger partial charge on any atom is -0.493 e. The van der Waals surface area contributed by atoms with Crippen LogP contribution in [0.4, 0.5) is 0 Å². The lowest BCUT2D eigenvalue weighted by Gasteiger charge is -2.22. The molecule has 1 fully saturated rings. The van der Waals surface area contributed by atoms with Gasteiger partial charge in [-0.1, -0.05) is 12.1 Å². The van der Waals surface area contributed by atoms with E-state index in [2.05, 4.69) is 5.43 Å². The lowest BCUT2D eigenvalue weighted by atomic mass is 10.0. The number of nitrogens with zero attached hydrogens (tertiary/aromatic N) is 1. The number of nitrogens with one attached hydrogen (secondary N) is 1. The molecule has 0 radical (unpaired) electrons. The van der Waals surface area contributed by atoms with Gasteiger partial charge in [-0.25, -0.2) is 5.84 Å². The van der Waals surface area contributed by atoms with Crippen molar-refractivity contribution in [2.45, 2.75) is 12.8 Å². The van der Waals surface area contributed by atoms with Crippen molar-refractivity contribution in [3.8, 4) is 11.8 Å². The molecule has 0 atom stereocenters. The van der Waals surface area contributed by atoms with Crippen LogP contribution in [-0.4, -0.2) is 19.8 Å². The summed E-state index contributed by atoms with van der Waals surface area (Å²) in [5.41, 5.74) is 9.34. The number of allylic oxidation sites excluding steroid dienone is 1. The molecule has 21 heavy (non-hydrogen) atoms. The minimum absolute atomic E-state index is 0.136. The molecule has 0 saturated carbocycles. The Labute approximate surface area is 124 Å². The summed E-state index contributed by atoms with van der Waals surface area (Å²) in [4.78, 5) is 0. The summed E-state index contributed by atoms with van der Waals surface area (Å²) in [6.45, 7) is 2.27. The molecule has 0 aromatic heterocycles. The number of hydrogen-bond acceptors (Lipinski definition) is 6. The average Bonchev–Trinajstić information content (AvgIpc) is 2.55. The van der Waals surface area contributed by atoms with Crippen molar-refractivity contribution in [3.05, 3.63) is 35.5 Å². The van der Waals surface area contributed by atoms with Gasteiger partial charge in [-0.05, 0) is 30.9 Å². The van der Waals surface area contributed by atoms with Gasteiger partial charge in [-0.15, -0.1) is 0 Å². The van der Waals surface area contributed by atoms with Crippen LogP contribution < -0.4 is 21.7 Å². The van der Waals surface area contributed by atoms with E-state index < -0.39 is 0 Å². The Morgan fingerprint density at radius 1 is 1.43 bits per heavy atom. The quantitative estimate of drug-likeness (QED) is 0.425. The van der Waals surface area contributed by atoms with E-state index in [9.17, 15) is 0 Å². The predicted molar refractivity (Wildman–Crippen MR) is 79.5 cm³/mol. The van der Waals surface area contributed by atoms with Crippen molar-refractivity contribution >= 4 is 5.70 Å². The van der Waals surface area contributed by atoms with E-state index in [1.54, 1.807) is 0 Å². The van der Waals surface area contributed by atoms with Crippen LogP contribution in [0.2, 0.25) is 0 Å². The third kappa shape index (κ3) is 4.12. The fraction of sp³-hybridized carbons (Fsp3) is 0.400. The van der Waals surface area contributed by atoms with Gasteiger partial charge < -0.3 is 20.6 Å². The molecule has 6 heteroatoms. The zero-order valence-electron chi connectivity index (χ0n) is 11.8. The fourth-order valence-electron chi connectivity index (χ4n) is 2.20. The smallest absolute Gasteiger partial charge is 0.151 e. The number of hydrogen-bond donors (Lipinski definition) is 3. The second-order valence-electron chi connectivity index (χ2n) is 4.94. The fourth-order valence-corrected chi connectivity index (χ4v) is 2.20. The second-order valence-corrected chi connectivity index (χ2v) is 4.94. The zero-order valence-corrected chi connectivity index (χ0v) is 11.8. The Kier molecular flexibility index (Phi) is 5.43. The first-order chi connectivity index (χ1) is 10.2. The number of rotatable bonds is 5. The van der Waals surface area contributed by atoms with E-state index in [0.717, 1.165) is 31.8 Å². The molecule has 0 amide bonds. The molecule has 0 bridgehead atoms. The molecule has 1 aromatic rings. The van der Waals surface area contributed by atoms with E-state index in [0.29, 0.717) is 23.8 Å². The van der Waals surface area contributed by atoms with Crippen LogP contribution >= 0.6 is 0 Å². The maximum absolute atomic E-state index is 8.93. The third-order valence-corrected chi connectivity index (χ3v) is 3.50. The molecule has 112 valence electrons. The standard InChI is InChI=1S/C15H20N4O2/c16-9-14(19-18)15(17)12-2-1-3-13(8-12)21-10-11-4-6-20-7-5-11/h1-3,8,11,19H,4-7,10,17-18H2/b15-14-. The molecule has 0 unspecified atom stereocenters. The van der Waals surface area contributed by atoms with Crippen molar-refractivity contribution in [2.75, 3.05) is 19.8 Å². The largest absolute Gasteiger partial charge is 0.493 e. The summed E-state index contributed by atoms with van der Waals surface area (Å²) >= 11 is 0. The highest BCUT2D eigenvalue weighted by Gasteiger charge is 2.14. The van der Waals surface area contributed by atoms with Gasteiger partial charge >= 0.3 is 0 Å². The molecule has 0 aliphatic carbocycles. The first-order valence-corrected chi connectivity index (χ1v) is 6.92. The SMILES string of the molecule is N#C/C(NN)=C(/N)c1cccc(OCC2CCOCC2)c1. The van der Waals surface area contributed by atoms with Crippen LogP contribution in [0.15, 0.2) is 30.0 Å². The highest BCUT2D eigenvalue weighted by molar-refractivity contribution is 5.69. The second kappa shape index (κ2) is 7.53. The molecule has 1 aromatic carbocycles. The molecule has 6 nitrogen and oxygen atoms in total. The molecular weight excluding hydrogens is 268 g/mol. The average molecular weight is 288 g/mol. The number of nitriles is 1. The van der Waals surface area contributed by atoms with Crippen molar-refractivity contribution in [1.29, 1.82) is 5.26 Å². The summed E-state index contributed by atoms with van der Waals surface area (Å²) in [6, 6.07) is 9.25. The maximum atomic E-state index is 8.93. The molecule has 2 rings (SSSR count). The monoisotopic (exact) mass is 288 g/mol. The highest BCUT2D eigenvalue weighted by atomic mass is 16.5. The number of nitrogens with two attached hydrogens (primary N) is 2. The Balaban J connectivity index is 2.04. The maximum Gasteiger partial charge on any atom is 0.151 e. The Bertz CT molecular complexity index is 545. The molecule has 1 saturated heterocycles. The summed E-state index contributed by atoms with van der Waals surface area (Å²) in [7, 11) is 0. The predicted octanol–water partition coefficient (Wildman–Crippen LogP) is 1.11. The first kappa shape index (κ1) is 15.2. The van der Waals surface area contributed by atoms with Crippen LogP contribution in [0.1, 0.15) is 18.4 Å². The highest BCUT2D eigenvalue weighted by Crippen LogP contribution is 2.21. The van der Waals surface area contributed by atoms with Gasteiger partial charge in [-0.2, -0.15) is 5.26 Å². The van der Waals surface area contributed by atoms with Crippen molar-refractivity contribution in [3.63, 3.8) is 0 Å². The van der Waals surface area contributed by atoms with Crippen LogP contribution in [0.3, 0.4) is 0 Å². The van der Waals surface area contributed by atoms with Crippen molar-refractivity contribution in [1.82, 2.24) is 5.43 Å². The Hall–Kier alpha value is -2.23. The lowest BCUT2D eigenvalue weighted by Crippen LogP contribution is -2.23. The van der Waals surface area contributed by atoms with Crippen LogP contribution in [0.25, 0.3) is 5.70 Å². The van der Waals surface area contributed by atoms with E-state index in [1.165, 1.54) is 0 Å². The Morgan fingerprint density at radius 2 is 2.19 bits per heavy atom. The third-order valence-electron chi connectivity index (χ3n) is 3.50. The van der Waals surface area contributed by atoms with E-state index >= 15 is 0 Å². The molecule has 5 N–H and O–H groups in total. The molecule has 1 aliphatic rings. The van der Waals surface area contributed by atoms with Gasteiger partial charge in [0.15, 0.2) is 5.70 Å². The zero-order chi connectivity index (χ0) is 15.1. The van der Waals surface area contributed by atoms with Gasteiger partial charge in [0.2, 0.25) is 0 Å². The summed E-state index contributed by atoms with van der Waals surface area (Å²) < 4.78 is 11.1. The van der Waals surface area contributed by atoms with Crippen LogP contribution in [0.5, 0.6) is 5.75 Å². The van der Waals surface area contributed by atoms with E-state index in [1.807, 2.05) is 30.3 Å². The van der Waals surface area contributed by atoms with E-state index in [-0.39, 0.29) is 5.70 Å². The summed E-state index contributed by atoms with van der Waals surface area (Å²) in [5.74, 6) is 6.52. The van der Waals surface area contributed by atoms with Gasteiger partial charge in [-0.3, -0.25) is 0 Å². The van der Waals surface area contributed by atoms with Crippen molar-refractivity contribution < 1.29 is 9.47 Å². The minimum atomic E-state index is 0.136. The van der Waals surface area contributed by atoms with Gasteiger partial charge in [0.05, 0.1) is 12.3 Å². The summed E-state index contributed by atoms with van der Waals surface area (Å²) in [6.07, 6.45) is 2.05. The first-order valence-electron chi connectivity index (χ1n) is 6.92. The van der Waals surface area contributed by atoms with Crippen LogP contribution in [0, 0.1) is 17.2 Å². The number of benzene rings is 1. The van der Waals surface area contributed by atoms with Crippen LogP contribution in [-0.2, 0) is 4.74 Å². The molecule has 0 spiro atoms. The lowest BCUT2D eigenvalue weighted by molar-refractivity contribution is 0.0497. The van der Waals surface area contributed by atoms with Crippen molar-refractivity contribution in [2.24, 2.45) is 17.5 Å². The van der Waals surface area contributed by atoms with E-state index in [4.69, 9.17) is 26.3 Å². The summed E-state index contributed by atoms with van der Waals surface area (Å²) in [5, 5.41) is 8.93.